The number of ether oxygens (including phenoxy) is 3. The number of anilines is 3. The van der Waals surface area contributed by atoms with E-state index in [2.05, 4.69) is 16.4 Å². The molecule has 58 heavy (non-hydrogen) atoms. The average Bonchev–Trinajstić information content (AvgIpc) is 4.06. The summed E-state index contributed by atoms with van der Waals surface area (Å²) in [4.78, 5) is 46.3. The van der Waals surface area contributed by atoms with Crippen LogP contribution in [-0.2, 0) is 27.4 Å². The van der Waals surface area contributed by atoms with Gasteiger partial charge < -0.3 is 25.3 Å². The fraction of sp³-hybridized carbons (Fsp3) is 0.348. The van der Waals surface area contributed by atoms with Crippen LogP contribution in [0.1, 0.15) is 90.3 Å². The zero-order chi connectivity index (χ0) is 40.0. The van der Waals surface area contributed by atoms with E-state index >= 15 is 0 Å². The molecule has 300 valence electrons. The molecule has 2 amide bonds. The Morgan fingerprint density at radius 2 is 1.21 bits per heavy atom. The van der Waals surface area contributed by atoms with Crippen molar-refractivity contribution in [1.29, 1.82) is 0 Å². The summed E-state index contributed by atoms with van der Waals surface area (Å²) in [6.45, 7) is 2.63. The number of nitrogens with two attached hydrogens (primary N) is 1. The Hall–Kier alpha value is -5.72. The minimum atomic E-state index is -0.415. The highest BCUT2D eigenvalue weighted by molar-refractivity contribution is 7.13. The van der Waals surface area contributed by atoms with E-state index in [1.165, 1.54) is 11.3 Å². The number of nitrogens with zero attached hydrogens (tertiary/aromatic N) is 3. The van der Waals surface area contributed by atoms with Gasteiger partial charge in [-0.05, 0) is 72.9 Å². The van der Waals surface area contributed by atoms with Gasteiger partial charge in [0, 0.05) is 29.4 Å². The van der Waals surface area contributed by atoms with Crippen LogP contribution in [0.25, 0.3) is 0 Å². The molecule has 3 heterocycles. The second kappa shape index (κ2) is 17.8. The third-order valence-corrected chi connectivity index (χ3v) is 12.5. The summed E-state index contributed by atoms with van der Waals surface area (Å²) < 4.78 is 16.4. The van der Waals surface area contributed by atoms with Gasteiger partial charge in [0.2, 0.25) is 0 Å². The van der Waals surface area contributed by atoms with Gasteiger partial charge in [-0.15, -0.1) is 11.3 Å². The Morgan fingerprint density at radius 3 is 1.81 bits per heavy atom. The topological polar surface area (TPSA) is 136 Å². The fourth-order valence-electron chi connectivity index (χ4n) is 9.17. The normalized spacial score (nSPS) is 22.6. The molecule has 0 bridgehead atoms. The van der Waals surface area contributed by atoms with Gasteiger partial charge in [-0.1, -0.05) is 110 Å². The number of hydrogen-bond acceptors (Lipinski definition) is 10. The van der Waals surface area contributed by atoms with E-state index in [-0.39, 0.29) is 48.9 Å². The first-order chi connectivity index (χ1) is 28.4. The number of thiazole rings is 1. The third-order valence-electron chi connectivity index (χ3n) is 11.8. The molecule has 2 aliphatic heterocycles. The number of nitrogens with one attached hydrogen (secondary N) is 1. The number of carbonyl (C=O) groups is 3. The molecule has 6 unspecified atom stereocenters. The number of benzene rings is 4. The Kier molecular flexibility index (Phi) is 12.0. The molecular weight excluding hydrogens is 751 g/mol. The Morgan fingerprint density at radius 1 is 0.690 bits per heavy atom. The van der Waals surface area contributed by atoms with Crippen LogP contribution in [0.5, 0.6) is 0 Å². The fourth-order valence-corrected chi connectivity index (χ4v) is 9.88. The minimum Gasteiger partial charge on any atom is -0.461 e. The standard InChI is InChI=1S/C26H27N3O4S.C20H22N2O2/c1-2-32-24(30)20-16-34-25(27-20)28-23-18-11-6-7-13-21(18)29(22-14-8-12-19(22)23)26(31)33-15-17-9-4-3-5-10-17;21-19-15-9-4-5-11-17(15)22(18-12-6-10-16(18)19)20(23)24-13-14-7-2-1-3-8-14/h3-7,9-11,13,16,19,22-23H,2,8,12,14-15H2,1H3,(H,27,28);1-5,7-9,11,16,18-19H,6,10,12-13,21H2. The Balaban J connectivity index is 0.000000172. The number of aromatic nitrogens is 1. The summed E-state index contributed by atoms with van der Waals surface area (Å²) >= 11 is 1.39. The van der Waals surface area contributed by atoms with E-state index in [1.807, 2.05) is 113 Å². The molecule has 5 aromatic rings. The van der Waals surface area contributed by atoms with Crippen molar-refractivity contribution in [2.24, 2.45) is 17.6 Å². The number of fused-ring (bicyclic) bond motifs is 4. The number of rotatable bonds is 8. The van der Waals surface area contributed by atoms with Gasteiger partial charge in [0.25, 0.3) is 0 Å². The zero-order valence-electron chi connectivity index (χ0n) is 32.6. The molecule has 4 aliphatic rings. The Labute approximate surface area is 343 Å². The van der Waals surface area contributed by atoms with E-state index in [4.69, 9.17) is 19.9 Å². The van der Waals surface area contributed by atoms with Crippen molar-refractivity contribution in [2.45, 2.75) is 82.8 Å². The first kappa shape index (κ1) is 39.1. The maximum Gasteiger partial charge on any atom is 0.414 e. The molecule has 12 heteroatoms. The number of carbonyl (C=O) groups excluding carboxylic acids is 3. The van der Waals surface area contributed by atoms with Crippen LogP contribution in [0.15, 0.2) is 115 Å². The molecule has 4 aromatic carbocycles. The monoisotopic (exact) mass is 799 g/mol. The van der Waals surface area contributed by atoms with Crippen LogP contribution >= 0.6 is 11.3 Å². The second-order valence-electron chi connectivity index (χ2n) is 15.2. The number of para-hydroxylation sites is 2. The largest absolute Gasteiger partial charge is 0.461 e. The lowest BCUT2D eigenvalue weighted by atomic mass is 9.83. The molecule has 0 spiro atoms. The molecular formula is C46H49N5O6S. The molecule has 3 N–H and O–H groups in total. The van der Waals surface area contributed by atoms with Crippen LogP contribution in [0.4, 0.5) is 26.1 Å². The quantitative estimate of drug-likeness (QED) is 0.116. The lowest BCUT2D eigenvalue weighted by molar-refractivity contribution is 0.0520. The van der Waals surface area contributed by atoms with Gasteiger partial charge in [0.1, 0.15) is 13.2 Å². The molecule has 1 aromatic heterocycles. The second-order valence-corrected chi connectivity index (χ2v) is 16.0. The summed E-state index contributed by atoms with van der Waals surface area (Å²) in [5.74, 6) is 0.125. The van der Waals surface area contributed by atoms with Gasteiger partial charge in [0.15, 0.2) is 10.8 Å². The number of amides is 2. The van der Waals surface area contributed by atoms with Crippen LogP contribution in [0, 0.1) is 11.8 Å². The van der Waals surface area contributed by atoms with Crippen molar-refractivity contribution in [3.05, 3.63) is 143 Å². The first-order valence-electron chi connectivity index (χ1n) is 20.2. The highest BCUT2D eigenvalue weighted by Crippen LogP contribution is 2.50. The zero-order valence-corrected chi connectivity index (χ0v) is 33.4. The van der Waals surface area contributed by atoms with Gasteiger partial charge in [0.05, 0.1) is 24.0 Å². The highest BCUT2D eigenvalue weighted by Gasteiger charge is 2.47. The van der Waals surface area contributed by atoms with Crippen LogP contribution < -0.4 is 20.9 Å². The molecule has 2 saturated carbocycles. The lowest BCUT2D eigenvalue weighted by Gasteiger charge is -2.43. The summed E-state index contributed by atoms with van der Waals surface area (Å²) in [6.07, 6.45) is 5.55. The first-order valence-corrected chi connectivity index (χ1v) is 21.1. The van der Waals surface area contributed by atoms with Crippen molar-refractivity contribution in [3.63, 3.8) is 0 Å². The van der Waals surface area contributed by atoms with Crippen molar-refractivity contribution in [3.8, 4) is 0 Å². The summed E-state index contributed by atoms with van der Waals surface area (Å²) in [6, 6.07) is 35.6. The van der Waals surface area contributed by atoms with E-state index in [0.29, 0.717) is 30.0 Å². The minimum absolute atomic E-state index is 0.00636. The molecule has 6 atom stereocenters. The predicted molar refractivity (Wildman–Crippen MR) is 225 cm³/mol. The SMILES string of the molecule is CCOC(=O)c1csc(NC2c3ccccc3N(C(=O)OCc3ccccc3)C3CCCC23)n1.NC1c2ccccc2N(C(=O)OCc2ccccc2)C2CCCC12. The maximum absolute atomic E-state index is 13.3. The van der Waals surface area contributed by atoms with Crippen LogP contribution in [0.2, 0.25) is 0 Å². The summed E-state index contributed by atoms with van der Waals surface area (Å²) in [5.41, 5.74) is 12.6. The van der Waals surface area contributed by atoms with Crippen molar-refractivity contribution in [2.75, 3.05) is 21.7 Å². The van der Waals surface area contributed by atoms with Gasteiger partial charge in [-0.25, -0.2) is 19.4 Å². The Bertz CT molecular complexity index is 2200. The van der Waals surface area contributed by atoms with Gasteiger partial charge in [-0.3, -0.25) is 9.80 Å². The molecule has 0 radical (unpaired) electrons. The average molecular weight is 800 g/mol. The molecule has 9 rings (SSSR count). The highest BCUT2D eigenvalue weighted by atomic mass is 32.1. The van der Waals surface area contributed by atoms with Crippen molar-refractivity contribution >= 4 is 46.0 Å². The summed E-state index contributed by atoms with van der Waals surface area (Å²) in [5, 5.41) is 5.96. The van der Waals surface area contributed by atoms with E-state index in [0.717, 1.165) is 72.2 Å². The van der Waals surface area contributed by atoms with E-state index < -0.39 is 5.97 Å². The van der Waals surface area contributed by atoms with Crippen molar-refractivity contribution in [1.82, 2.24) is 4.98 Å². The number of hydrogen-bond donors (Lipinski definition) is 2. The van der Waals surface area contributed by atoms with E-state index in [1.54, 1.807) is 12.3 Å². The van der Waals surface area contributed by atoms with E-state index in [9.17, 15) is 14.4 Å². The van der Waals surface area contributed by atoms with Gasteiger partial charge >= 0.3 is 18.2 Å². The molecule has 0 saturated heterocycles. The molecule has 2 fully saturated rings. The number of esters is 1. The summed E-state index contributed by atoms with van der Waals surface area (Å²) in [7, 11) is 0. The molecule has 11 nitrogen and oxygen atoms in total. The predicted octanol–water partition coefficient (Wildman–Crippen LogP) is 9.81. The molecule has 2 aliphatic carbocycles. The van der Waals surface area contributed by atoms with Crippen LogP contribution in [-0.4, -0.2) is 41.8 Å². The third kappa shape index (κ3) is 8.17. The van der Waals surface area contributed by atoms with Gasteiger partial charge in [-0.2, -0.15) is 0 Å². The van der Waals surface area contributed by atoms with Crippen molar-refractivity contribution < 1.29 is 28.6 Å². The van der Waals surface area contributed by atoms with Crippen LogP contribution in [0.3, 0.4) is 0 Å². The lowest BCUT2D eigenvalue weighted by Crippen LogP contribution is -2.49. The smallest absolute Gasteiger partial charge is 0.414 e. The maximum atomic E-state index is 13.3.